The molecule has 0 aliphatic carbocycles. The largest absolute Gasteiger partial charge is 0.481 e. The molecule has 1 atom stereocenters. The van der Waals surface area contributed by atoms with Crippen LogP contribution < -0.4 is 10.1 Å². The van der Waals surface area contributed by atoms with Gasteiger partial charge >= 0.3 is 5.97 Å². The molecule has 2 aromatic rings. The summed E-state index contributed by atoms with van der Waals surface area (Å²) in [7, 11) is 0. The van der Waals surface area contributed by atoms with Crippen LogP contribution >= 0.6 is 0 Å². The first-order valence-electron chi connectivity index (χ1n) is 8.23. The SMILES string of the molecule is CCOC(=O)c1ccccc1NC(=O)C(C)Oc1cc(C)ccc1C. The molecule has 2 rings (SSSR count). The zero-order valence-corrected chi connectivity index (χ0v) is 15.0. The highest BCUT2D eigenvalue weighted by atomic mass is 16.5. The molecule has 0 bridgehead atoms. The van der Waals surface area contributed by atoms with E-state index < -0.39 is 12.1 Å². The molecule has 132 valence electrons. The number of hydrogen-bond donors (Lipinski definition) is 1. The van der Waals surface area contributed by atoms with Crippen LogP contribution in [0.4, 0.5) is 5.69 Å². The van der Waals surface area contributed by atoms with Gasteiger partial charge in [-0.25, -0.2) is 4.79 Å². The van der Waals surface area contributed by atoms with Gasteiger partial charge in [-0.05, 0) is 57.0 Å². The van der Waals surface area contributed by atoms with Crippen molar-refractivity contribution in [2.45, 2.75) is 33.8 Å². The molecule has 5 heteroatoms. The summed E-state index contributed by atoms with van der Waals surface area (Å²) in [5.41, 5.74) is 2.73. The Morgan fingerprint density at radius 3 is 2.56 bits per heavy atom. The van der Waals surface area contributed by atoms with Crippen LogP contribution in [0, 0.1) is 13.8 Å². The summed E-state index contributed by atoms with van der Waals surface area (Å²) in [6, 6.07) is 12.6. The van der Waals surface area contributed by atoms with E-state index in [1.807, 2.05) is 32.0 Å². The molecule has 1 unspecified atom stereocenters. The smallest absolute Gasteiger partial charge is 0.340 e. The second-order valence-electron chi connectivity index (χ2n) is 5.78. The van der Waals surface area contributed by atoms with Crippen LogP contribution in [0.1, 0.15) is 35.3 Å². The monoisotopic (exact) mass is 341 g/mol. The Morgan fingerprint density at radius 1 is 1.12 bits per heavy atom. The van der Waals surface area contributed by atoms with Crippen molar-refractivity contribution < 1.29 is 19.1 Å². The van der Waals surface area contributed by atoms with Crippen molar-refractivity contribution in [1.82, 2.24) is 0 Å². The molecule has 0 fully saturated rings. The molecule has 0 radical (unpaired) electrons. The molecule has 0 spiro atoms. The number of carbonyl (C=O) groups excluding carboxylic acids is 2. The Kier molecular flexibility index (Phi) is 6.17. The summed E-state index contributed by atoms with van der Waals surface area (Å²) in [5, 5.41) is 2.74. The van der Waals surface area contributed by atoms with Crippen molar-refractivity contribution in [3.63, 3.8) is 0 Å². The van der Waals surface area contributed by atoms with Gasteiger partial charge in [0.2, 0.25) is 0 Å². The normalized spacial score (nSPS) is 11.5. The summed E-state index contributed by atoms with van der Waals surface area (Å²) in [6.45, 7) is 7.57. The van der Waals surface area contributed by atoms with Crippen LogP contribution in [0.15, 0.2) is 42.5 Å². The lowest BCUT2D eigenvalue weighted by Crippen LogP contribution is -2.31. The van der Waals surface area contributed by atoms with Crippen molar-refractivity contribution in [2.24, 2.45) is 0 Å². The predicted octanol–water partition coefficient (Wildman–Crippen LogP) is 3.89. The lowest BCUT2D eigenvalue weighted by molar-refractivity contribution is -0.122. The number of aryl methyl sites for hydroxylation is 2. The summed E-state index contributed by atoms with van der Waals surface area (Å²) in [5.74, 6) is -0.138. The van der Waals surface area contributed by atoms with E-state index in [2.05, 4.69) is 5.32 Å². The highest BCUT2D eigenvalue weighted by Gasteiger charge is 2.19. The molecule has 2 aromatic carbocycles. The zero-order valence-electron chi connectivity index (χ0n) is 15.0. The third kappa shape index (κ3) is 4.83. The first-order chi connectivity index (χ1) is 11.9. The van der Waals surface area contributed by atoms with Gasteiger partial charge in [-0.15, -0.1) is 0 Å². The fourth-order valence-electron chi connectivity index (χ4n) is 2.29. The minimum absolute atomic E-state index is 0.271. The van der Waals surface area contributed by atoms with Crippen LogP contribution in [0.25, 0.3) is 0 Å². The molecule has 0 aromatic heterocycles. The van der Waals surface area contributed by atoms with Gasteiger partial charge in [-0.1, -0.05) is 24.3 Å². The maximum absolute atomic E-state index is 12.5. The zero-order chi connectivity index (χ0) is 18.4. The summed E-state index contributed by atoms with van der Waals surface area (Å²) < 4.78 is 10.8. The third-order valence-electron chi connectivity index (χ3n) is 3.70. The third-order valence-corrected chi connectivity index (χ3v) is 3.70. The van der Waals surface area contributed by atoms with Crippen LogP contribution in [-0.2, 0) is 9.53 Å². The number of hydrogen-bond acceptors (Lipinski definition) is 4. The number of anilines is 1. The van der Waals surface area contributed by atoms with E-state index in [1.165, 1.54) is 0 Å². The minimum Gasteiger partial charge on any atom is -0.481 e. The highest BCUT2D eigenvalue weighted by Crippen LogP contribution is 2.21. The van der Waals surface area contributed by atoms with E-state index in [9.17, 15) is 9.59 Å². The van der Waals surface area contributed by atoms with E-state index in [0.717, 1.165) is 11.1 Å². The fourth-order valence-corrected chi connectivity index (χ4v) is 2.29. The topological polar surface area (TPSA) is 64.6 Å². The van der Waals surface area contributed by atoms with Crippen LogP contribution in [0.3, 0.4) is 0 Å². The Morgan fingerprint density at radius 2 is 1.84 bits per heavy atom. The number of esters is 1. The summed E-state index contributed by atoms with van der Waals surface area (Å²) in [6.07, 6.45) is -0.712. The molecule has 0 aliphatic rings. The minimum atomic E-state index is -0.712. The molecule has 0 heterocycles. The van der Waals surface area contributed by atoms with Crippen molar-refractivity contribution in [2.75, 3.05) is 11.9 Å². The average molecular weight is 341 g/mol. The van der Waals surface area contributed by atoms with Gasteiger partial charge in [-0.2, -0.15) is 0 Å². The van der Waals surface area contributed by atoms with Gasteiger partial charge in [0.25, 0.3) is 5.91 Å². The van der Waals surface area contributed by atoms with Gasteiger partial charge < -0.3 is 14.8 Å². The Bertz CT molecular complexity index is 770. The molecule has 0 aliphatic heterocycles. The summed E-state index contributed by atoms with van der Waals surface area (Å²) in [4.78, 5) is 24.4. The number of para-hydroxylation sites is 1. The van der Waals surface area contributed by atoms with Gasteiger partial charge in [0.15, 0.2) is 6.10 Å². The first kappa shape index (κ1) is 18.5. The second-order valence-corrected chi connectivity index (χ2v) is 5.78. The summed E-state index contributed by atoms with van der Waals surface area (Å²) >= 11 is 0. The number of amides is 1. The number of carbonyl (C=O) groups is 2. The van der Waals surface area contributed by atoms with Crippen molar-refractivity contribution in [3.05, 3.63) is 59.2 Å². The molecule has 0 saturated heterocycles. The molecule has 0 saturated carbocycles. The lowest BCUT2D eigenvalue weighted by atomic mass is 10.1. The number of rotatable bonds is 6. The van der Waals surface area contributed by atoms with E-state index in [1.54, 1.807) is 38.1 Å². The van der Waals surface area contributed by atoms with E-state index in [-0.39, 0.29) is 12.5 Å². The van der Waals surface area contributed by atoms with Crippen molar-refractivity contribution in [3.8, 4) is 5.75 Å². The fraction of sp³-hybridized carbons (Fsp3) is 0.300. The highest BCUT2D eigenvalue weighted by molar-refractivity contribution is 6.02. The molecule has 1 N–H and O–H groups in total. The number of ether oxygens (including phenoxy) is 2. The maximum atomic E-state index is 12.5. The standard InChI is InChI=1S/C20H23NO4/c1-5-24-20(23)16-8-6-7-9-17(16)21-19(22)15(4)25-18-12-13(2)10-11-14(18)3/h6-12,15H,5H2,1-4H3,(H,21,22). The van der Waals surface area contributed by atoms with E-state index >= 15 is 0 Å². The Labute approximate surface area is 148 Å². The van der Waals surface area contributed by atoms with Crippen molar-refractivity contribution in [1.29, 1.82) is 0 Å². The molecule has 25 heavy (non-hydrogen) atoms. The van der Waals surface area contributed by atoms with Gasteiger partial charge in [0.05, 0.1) is 17.9 Å². The van der Waals surface area contributed by atoms with Crippen molar-refractivity contribution >= 4 is 17.6 Å². The van der Waals surface area contributed by atoms with E-state index in [4.69, 9.17) is 9.47 Å². The number of benzene rings is 2. The Balaban J connectivity index is 2.11. The molecular weight excluding hydrogens is 318 g/mol. The molecule has 1 amide bonds. The van der Waals surface area contributed by atoms with E-state index in [0.29, 0.717) is 17.0 Å². The van der Waals surface area contributed by atoms with Crippen LogP contribution in [-0.4, -0.2) is 24.6 Å². The van der Waals surface area contributed by atoms with Gasteiger partial charge in [0, 0.05) is 0 Å². The Hall–Kier alpha value is -2.82. The van der Waals surface area contributed by atoms with Crippen LogP contribution in [0.2, 0.25) is 0 Å². The van der Waals surface area contributed by atoms with Gasteiger partial charge in [-0.3, -0.25) is 4.79 Å². The maximum Gasteiger partial charge on any atom is 0.340 e. The first-order valence-corrected chi connectivity index (χ1v) is 8.23. The lowest BCUT2D eigenvalue weighted by Gasteiger charge is -2.17. The van der Waals surface area contributed by atoms with Gasteiger partial charge in [0.1, 0.15) is 5.75 Å². The quantitative estimate of drug-likeness (QED) is 0.810. The average Bonchev–Trinajstić information content (AvgIpc) is 2.58. The van der Waals surface area contributed by atoms with Crippen LogP contribution in [0.5, 0.6) is 5.75 Å². The predicted molar refractivity (Wildman–Crippen MR) is 97.0 cm³/mol. The second kappa shape index (κ2) is 8.33. The number of nitrogens with one attached hydrogen (secondary N) is 1. The molecule has 5 nitrogen and oxygen atoms in total. The molecular formula is C20H23NO4.